The Bertz CT molecular complexity index is 287. The van der Waals surface area contributed by atoms with Gasteiger partial charge in [-0.15, -0.1) is 0 Å². The van der Waals surface area contributed by atoms with Gasteiger partial charge in [0.2, 0.25) is 0 Å². The minimum Gasteiger partial charge on any atom is -0.336 e. The van der Waals surface area contributed by atoms with E-state index in [9.17, 15) is 4.79 Å². The van der Waals surface area contributed by atoms with E-state index in [1.807, 2.05) is 4.90 Å². The summed E-state index contributed by atoms with van der Waals surface area (Å²) in [6.45, 7) is 11.5. The lowest BCUT2D eigenvalue weighted by Crippen LogP contribution is -2.42. The maximum absolute atomic E-state index is 11.4. The van der Waals surface area contributed by atoms with Gasteiger partial charge in [-0.1, -0.05) is 13.8 Å². The Morgan fingerprint density at radius 3 is 2.58 bits per heavy atom. The highest BCUT2D eigenvalue weighted by Gasteiger charge is 2.22. The van der Waals surface area contributed by atoms with E-state index in [4.69, 9.17) is 0 Å². The van der Waals surface area contributed by atoms with Gasteiger partial charge in [0.15, 0.2) is 0 Å². The van der Waals surface area contributed by atoms with Gasteiger partial charge < -0.3 is 20.4 Å². The van der Waals surface area contributed by atoms with Crippen molar-refractivity contribution >= 4 is 6.03 Å². The summed E-state index contributed by atoms with van der Waals surface area (Å²) in [6, 6.07) is 0.697. The van der Waals surface area contributed by atoms with Crippen molar-refractivity contribution in [2.45, 2.75) is 32.7 Å². The minimum absolute atomic E-state index is 0.107. The standard InChI is InChI=1S/C14H28N4O/c1-12(2)16-11-13-3-6-17(7-4-13)9-10-18-8-5-15-14(18)19/h12-13,16H,3-11H2,1-2H3,(H,15,19). The molecule has 2 aliphatic rings. The minimum atomic E-state index is 0.107. The van der Waals surface area contributed by atoms with Gasteiger partial charge in [0.05, 0.1) is 0 Å². The van der Waals surface area contributed by atoms with Crippen LogP contribution in [0.5, 0.6) is 0 Å². The third kappa shape index (κ3) is 4.66. The topological polar surface area (TPSA) is 47.6 Å². The summed E-state index contributed by atoms with van der Waals surface area (Å²) in [5.74, 6) is 0.828. The normalized spacial score (nSPS) is 22.3. The van der Waals surface area contributed by atoms with Crippen LogP contribution in [0.1, 0.15) is 26.7 Å². The quantitative estimate of drug-likeness (QED) is 0.746. The van der Waals surface area contributed by atoms with E-state index < -0.39 is 0 Å². The SMILES string of the molecule is CC(C)NCC1CCN(CCN2CCNC2=O)CC1. The predicted octanol–water partition coefficient (Wildman–Crippen LogP) is 0.722. The second-order valence-electron chi connectivity index (χ2n) is 6.07. The molecule has 0 unspecified atom stereocenters. The molecule has 110 valence electrons. The number of nitrogens with zero attached hydrogens (tertiary/aromatic N) is 2. The zero-order valence-corrected chi connectivity index (χ0v) is 12.3. The third-order valence-electron chi connectivity index (χ3n) is 4.15. The average Bonchev–Trinajstić information content (AvgIpc) is 2.81. The van der Waals surface area contributed by atoms with Gasteiger partial charge in [0.1, 0.15) is 0 Å². The van der Waals surface area contributed by atoms with Crippen molar-refractivity contribution in [3.63, 3.8) is 0 Å². The first-order valence-electron chi connectivity index (χ1n) is 7.63. The van der Waals surface area contributed by atoms with Gasteiger partial charge >= 0.3 is 6.03 Å². The van der Waals surface area contributed by atoms with Crippen molar-refractivity contribution in [3.05, 3.63) is 0 Å². The molecule has 0 atom stereocenters. The molecular formula is C14H28N4O. The Morgan fingerprint density at radius 1 is 1.26 bits per heavy atom. The van der Waals surface area contributed by atoms with Crippen molar-refractivity contribution in [1.82, 2.24) is 20.4 Å². The highest BCUT2D eigenvalue weighted by Crippen LogP contribution is 2.16. The van der Waals surface area contributed by atoms with Crippen molar-refractivity contribution in [3.8, 4) is 0 Å². The zero-order valence-electron chi connectivity index (χ0n) is 12.3. The predicted molar refractivity (Wildman–Crippen MR) is 77.3 cm³/mol. The molecule has 2 fully saturated rings. The lowest BCUT2D eigenvalue weighted by atomic mass is 9.96. The summed E-state index contributed by atoms with van der Waals surface area (Å²) in [7, 11) is 0. The molecular weight excluding hydrogens is 240 g/mol. The maximum atomic E-state index is 11.4. The number of hydrogen-bond acceptors (Lipinski definition) is 3. The van der Waals surface area contributed by atoms with Gasteiger partial charge in [-0.3, -0.25) is 0 Å². The number of piperidine rings is 1. The number of rotatable bonds is 6. The van der Waals surface area contributed by atoms with Crippen molar-refractivity contribution in [1.29, 1.82) is 0 Å². The lowest BCUT2D eigenvalue weighted by molar-refractivity contribution is 0.162. The van der Waals surface area contributed by atoms with E-state index in [1.165, 1.54) is 25.9 Å². The molecule has 0 radical (unpaired) electrons. The van der Waals surface area contributed by atoms with Crippen LogP contribution in [0.15, 0.2) is 0 Å². The lowest BCUT2D eigenvalue weighted by Gasteiger charge is -2.33. The number of carbonyl (C=O) groups excluding carboxylic acids is 1. The first-order chi connectivity index (χ1) is 9.15. The number of nitrogens with one attached hydrogen (secondary N) is 2. The van der Waals surface area contributed by atoms with E-state index in [1.54, 1.807) is 0 Å². The summed E-state index contributed by atoms with van der Waals surface area (Å²) in [4.78, 5) is 15.9. The average molecular weight is 268 g/mol. The number of urea groups is 1. The van der Waals surface area contributed by atoms with Gasteiger partial charge in [-0.05, 0) is 38.4 Å². The molecule has 0 saturated carbocycles. The highest BCUT2D eigenvalue weighted by molar-refractivity contribution is 5.76. The molecule has 5 nitrogen and oxygen atoms in total. The molecule has 2 N–H and O–H groups in total. The van der Waals surface area contributed by atoms with Gasteiger partial charge in [-0.2, -0.15) is 0 Å². The summed E-state index contributed by atoms with van der Waals surface area (Å²) >= 11 is 0. The van der Waals surface area contributed by atoms with Gasteiger partial charge in [-0.25, -0.2) is 4.79 Å². The summed E-state index contributed by atoms with van der Waals surface area (Å²) in [5.41, 5.74) is 0. The van der Waals surface area contributed by atoms with E-state index >= 15 is 0 Å². The molecule has 5 heteroatoms. The molecule has 2 heterocycles. The number of carbonyl (C=O) groups is 1. The van der Waals surface area contributed by atoms with Crippen LogP contribution < -0.4 is 10.6 Å². The van der Waals surface area contributed by atoms with Crippen molar-refractivity contribution in [2.75, 3.05) is 45.8 Å². The van der Waals surface area contributed by atoms with Crippen LogP contribution in [0.2, 0.25) is 0 Å². The molecule has 0 aromatic heterocycles. The molecule has 2 amide bonds. The van der Waals surface area contributed by atoms with E-state index in [-0.39, 0.29) is 6.03 Å². The summed E-state index contributed by atoms with van der Waals surface area (Å²) < 4.78 is 0. The summed E-state index contributed by atoms with van der Waals surface area (Å²) in [5, 5.41) is 6.38. The maximum Gasteiger partial charge on any atom is 0.317 e. The monoisotopic (exact) mass is 268 g/mol. The van der Waals surface area contributed by atoms with E-state index in [2.05, 4.69) is 29.4 Å². The number of likely N-dealkylation sites (tertiary alicyclic amines) is 1. The molecule has 0 aromatic carbocycles. The fraction of sp³-hybridized carbons (Fsp3) is 0.929. The Balaban J connectivity index is 1.59. The Hall–Kier alpha value is -0.810. The second-order valence-corrected chi connectivity index (χ2v) is 6.07. The summed E-state index contributed by atoms with van der Waals surface area (Å²) in [6.07, 6.45) is 2.57. The van der Waals surface area contributed by atoms with Crippen LogP contribution in [0, 0.1) is 5.92 Å². The Morgan fingerprint density at radius 2 is 2.00 bits per heavy atom. The second kappa shape index (κ2) is 7.10. The van der Waals surface area contributed by atoms with Crippen LogP contribution in [0.25, 0.3) is 0 Å². The van der Waals surface area contributed by atoms with Gasteiger partial charge in [0, 0.05) is 32.2 Å². The van der Waals surface area contributed by atoms with E-state index in [0.717, 1.165) is 38.6 Å². The number of amides is 2. The fourth-order valence-electron chi connectivity index (χ4n) is 2.80. The van der Waals surface area contributed by atoms with Crippen LogP contribution in [-0.2, 0) is 0 Å². The van der Waals surface area contributed by atoms with Crippen LogP contribution in [0.4, 0.5) is 4.79 Å². The molecule has 2 rings (SSSR count). The molecule has 0 aliphatic carbocycles. The Kier molecular flexibility index (Phi) is 5.45. The largest absolute Gasteiger partial charge is 0.336 e. The molecule has 19 heavy (non-hydrogen) atoms. The molecule has 0 bridgehead atoms. The molecule has 0 spiro atoms. The van der Waals surface area contributed by atoms with Crippen LogP contribution in [0.3, 0.4) is 0 Å². The van der Waals surface area contributed by atoms with Crippen molar-refractivity contribution in [2.24, 2.45) is 5.92 Å². The zero-order chi connectivity index (χ0) is 13.7. The van der Waals surface area contributed by atoms with Crippen LogP contribution in [-0.4, -0.2) is 67.7 Å². The molecule has 2 aliphatic heterocycles. The molecule has 2 saturated heterocycles. The van der Waals surface area contributed by atoms with Crippen LogP contribution >= 0.6 is 0 Å². The van der Waals surface area contributed by atoms with Gasteiger partial charge in [0.25, 0.3) is 0 Å². The smallest absolute Gasteiger partial charge is 0.317 e. The van der Waals surface area contributed by atoms with E-state index in [0.29, 0.717) is 6.04 Å². The number of hydrogen-bond donors (Lipinski definition) is 2. The first kappa shape index (κ1) is 14.6. The highest BCUT2D eigenvalue weighted by atomic mass is 16.2. The Labute approximate surface area is 116 Å². The van der Waals surface area contributed by atoms with Crippen molar-refractivity contribution < 1.29 is 4.79 Å². The first-order valence-corrected chi connectivity index (χ1v) is 7.63. The third-order valence-corrected chi connectivity index (χ3v) is 4.15. The molecule has 0 aromatic rings. The fourth-order valence-corrected chi connectivity index (χ4v) is 2.80.